The van der Waals surface area contributed by atoms with Crippen LogP contribution in [-0.4, -0.2) is 26.9 Å². The van der Waals surface area contributed by atoms with Gasteiger partial charge in [-0.15, -0.1) is 0 Å². The third-order valence-corrected chi connectivity index (χ3v) is 5.54. The largest absolute Gasteiger partial charge is 0.311 e. The fourth-order valence-electron chi connectivity index (χ4n) is 3.15. The minimum Gasteiger partial charge on any atom is -0.311 e. The van der Waals surface area contributed by atoms with Crippen LogP contribution in [0, 0.1) is 0 Å². The highest BCUT2D eigenvalue weighted by Crippen LogP contribution is 2.27. The number of nitrogens with one attached hydrogen (secondary N) is 1. The van der Waals surface area contributed by atoms with Crippen molar-refractivity contribution >= 4 is 21.6 Å². The van der Waals surface area contributed by atoms with Gasteiger partial charge in [0.05, 0.1) is 10.9 Å². The molecule has 1 amide bonds. The Kier molecular flexibility index (Phi) is 5.41. The van der Waals surface area contributed by atoms with Gasteiger partial charge in [-0.1, -0.05) is 30.3 Å². The Bertz CT molecular complexity index is 895. The van der Waals surface area contributed by atoms with E-state index in [1.807, 2.05) is 30.0 Å². The first-order chi connectivity index (χ1) is 12.4. The van der Waals surface area contributed by atoms with E-state index in [1.165, 1.54) is 17.7 Å². The molecule has 0 saturated heterocycles. The number of nitrogens with two attached hydrogens (primary N) is 1. The molecular weight excluding hydrogens is 350 g/mol. The normalized spacial score (nSPS) is 15.4. The van der Waals surface area contributed by atoms with Crippen molar-refractivity contribution in [2.24, 2.45) is 5.14 Å². The lowest BCUT2D eigenvalue weighted by atomic mass is 10.0. The zero-order valence-electron chi connectivity index (χ0n) is 14.7. The number of sulfonamides is 1. The van der Waals surface area contributed by atoms with Crippen LogP contribution in [0.25, 0.3) is 0 Å². The molecule has 0 aromatic heterocycles. The van der Waals surface area contributed by atoms with Crippen molar-refractivity contribution < 1.29 is 13.2 Å². The topological polar surface area (TPSA) is 92.5 Å². The molecule has 0 bridgehead atoms. The van der Waals surface area contributed by atoms with Gasteiger partial charge in [-0.25, -0.2) is 13.6 Å². The summed E-state index contributed by atoms with van der Waals surface area (Å²) in [5.74, 6) is 0.0401. The molecule has 0 unspecified atom stereocenters. The van der Waals surface area contributed by atoms with E-state index >= 15 is 0 Å². The lowest BCUT2D eigenvalue weighted by molar-refractivity contribution is -0.120. The van der Waals surface area contributed by atoms with Gasteiger partial charge in [-0.3, -0.25) is 4.79 Å². The summed E-state index contributed by atoms with van der Waals surface area (Å²) in [5.41, 5.74) is 3.09. The summed E-state index contributed by atoms with van der Waals surface area (Å²) in [7, 11) is -3.69. The number of fused-ring (bicyclic) bond motifs is 1. The van der Waals surface area contributed by atoms with E-state index in [0.717, 1.165) is 30.6 Å². The molecule has 138 valence electrons. The average molecular weight is 373 g/mol. The van der Waals surface area contributed by atoms with E-state index < -0.39 is 10.0 Å². The van der Waals surface area contributed by atoms with Gasteiger partial charge in [-0.2, -0.15) is 0 Å². The SMILES string of the molecule is C[C@H](NCc1ccc(S(N)(=O)=O)cc1)C(=O)N1CCCc2ccccc21. The van der Waals surface area contributed by atoms with Gasteiger partial charge < -0.3 is 10.2 Å². The van der Waals surface area contributed by atoms with E-state index in [4.69, 9.17) is 5.14 Å². The maximum atomic E-state index is 12.8. The summed E-state index contributed by atoms with van der Waals surface area (Å²) in [5, 5.41) is 8.31. The molecule has 0 spiro atoms. The molecule has 0 saturated carbocycles. The van der Waals surface area contributed by atoms with Crippen LogP contribution in [0.15, 0.2) is 53.4 Å². The van der Waals surface area contributed by atoms with Crippen molar-refractivity contribution in [1.82, 2.24) is 5.32 Å². The van der Waals surface area contributed by atoms with Crippen LogP contribution in [0.2, 0.25) is 0 Å². The first-order valence-corrected chi connectivity index (χ1v) is 10.2. The first-order valence-electron chi connectivity index (χ1n) is 8.60. The number of primary sulfonamides is 1. The van der Waals surface area contributed by atoms with Crippen molar-refractivity contribution in [2.75, 3.05) is 11.4 Å². The highest BCUT2D eigenvalue weighted by molar-refractivity contribution is 7.89. The maximum absolute atomic E-state index is 12.8. The lowest BCUT2D eigenvalue weighted by Crippen LogP contribution is -2.46. The van der Waals surface area contributed by atoms with Crippen molar-refractivity contribution in [3.05, 3.63) is 59.7 Å². The Labute approximate surface area is 154 Å². The molecule has 2 aromatic carbocycles. The van der Waals surface area contributed by atoms with Crippen LogP contribution in [0.1, 0.15) is 24.5 Å². The highest BCUT2D eigenvalue weighted by Gasteiger charge is 2.25. The standard InChI is InChI=1S/C19H23N3O3S/c1-14(21-13-15-8-10-17(11-9-15)26(20,24)25)19(23)22-12-4-6-16-5-2-3-7-18(16)22/h2-3,5,7-11,14,21H,4,6,12-13H2,1H3,(H2,20,24,25)/t14-/m0/s1. The Morgan fingerprint density at radius 1 is 1.19 bits per heavy atom. The monoisotopic (exact) mass is 373 g/mol. The number of carbonyl (C=O) groups is 1. The van der Waals surface area contributed by atoms with Gasteiger partial charge >= 0.3 is 0 Å². The molecule has 1 aliphatic heterocycles. The summed E-state index contributed by atoms with van der Waals surface area (Å²) in [6.07, 6.45) is 1.96. The predicted molar refractivity (Wildman–Crippen MR) is 101 cm³/mol. The number of hydrogen-bond donors (Lipinski definition) is 2. The molecule has 3 N–H and O–H groups in total. The van der Waals surface area contributed by atoms with E-state index in [-0.39, 0.29) is 16.8 Å². The molecule has 0 fully saturated rings. The van der Waals surface area contributed by atoms with Crippen molar-refractivity contribution in [3.8, 4) is 0 Å². The quantitative estimate of drug-likeness (QED) is 0.836. The molecule has 1 atom stereocenters. The molecule has 7 heteroatoms. The van der Waals surface area contributed by atoms with Gasteiger partial charge in [0, 0.05) is 18.8 Å². The summed E-state index contributed by atoms with van der Waals surface area (Å²) in [4.78, 5) is 14.8. The number of nitrogens with zero attached hydrogens (tertiary/aromatic N) is 1. The average Bonchev–Trinajstić information content (AvgIpc) is 2.64. The molecule has 2 aromatic rings. The number of para-hydroxylation sites is 1. The van der Waals surface area contributed by atoms with Crippen LogP contribution in [0.4, 0.5) is 5.69 Å². The van der Waals surface area contributed by atoms with Crippen molar-refractivity contribution in [3.63, 3.8) is 0 Å². The fourth-order valence-corrected chi connectivity index (χ4v) is 3.67. The second kappa shape index (κ2) is 7.57. The van der Waals surface area contributed by atoms with Crippen LogP contribution in [0.3, 0.4) is 0 Å². The van der Waals surface area contributed by atoms with Gasteiger partial charge in [0.25, 0.3) is 0 Å². The van der Waals surface area contributed by atoms with Gasteiger partial charge in [-0.05, 0) is 49.1 Å². The van der Waals surface area contributed by atoms with Crippen LogP contribution < -0.4 is 15.4 Å². The van der Waals surface area contributed by atoms with Crippen molar-refractivity contribution in [2.45, 2.75) is 37.2 Å². The number of aryl methyl sites for hydroxylation is 1. The van der Waals surface area contributed by atoms with Crippen LogP contribution in [0.5, 0.6) is 0 Å². The smallest absolute Gasteiger partial charge is 0.243 e. The third kappa shape index (κ3) is 4.12. The van der Waals surface area contributed by atoms with Crippen molar-refractivity contribution in [1.29, 1.82) is 0 Å². The number of benzene rings is 2. The van der Waals surface area contributed by atoms with Gasteiger partial charge in [0.2, 0.25) is 15.9 Å². The van der Waals surface area contributed by atoms with Gasteiger partial charge in [0.1, 0.15) is 0 Å². The molecule has 3 rings (SSSR count). The maximum Gasteiger partial charge on any atom is 0.243 e. The van der Waals surface area contributed by atoms with E-state index in [9.17, 15) is 13.2 Å². The van der Waals surface area contributed by atoms with E-state index in [0.29, 0.717) is 6.54 Å². The molecule has 1 heterocycles. The van der Waals surface area contributed by atoms with E-state index in [1.54, 1.807) is 12.1 Å². The van der Waals surface area contributed by atoms with Crippen LogP contribution in [-0.2, 0) is 27.8 Å². The second-order valence-electron chi connectivity index (χ2n) is 6.51. The zero-order chi connectivity index (χ0) is 18.7. The Hall–Kier alpha value is -2.22. The molecule has 6 nitrogen and oxygen atoms in total. The Balaban J connectivity index is 1.64. The molecule has 0 radical (unpaired) electrons. The molecule has 0 aliphatic carbocycles. The number of amides is 1. The second-order valence-corrected chi connectivity index (χ2v) is 8.08. The number of hydrogen-bond acceptors (Lipinski definition) is 4. The fraction of sp³-hybridized carbons (Fsp3) is 0.316. The summed E-state index contributed by atoms with van der Waals surface area (Å²) in [6, 6.07) is 14.0. The highest BCUT2D eigenvalue weighted by atomic mass is 32.2. The molecule has 26 heavy (non-hydrogen) atoms. The Morgan fingerprint density at radius 3 is 2.58 bits per heavy atom. The first kappa shape index (κ1) is 18.6. The zero-order valence-corrected chi connectivity index (χ0v) is 15.5. The minimum absolute atomic E-state index is 0.0401. The van der Waals surface area contributed by atoms with Crippen LogP contribution >= 0.6 is 0 Å². The lowest BCUT2D eigenvalue weighted by Gasteiger charge is -2.31. The number of anilines is 1. The third-order valence-electron chi connectivity index (χ3n) is 4.61. The number of carbonyl (C=O) groups excluding carboxylic acids is 1. The minimum atomic E-state index is -3.69. The summed E-state index contributed by atoms with van der Waals surface area (Å²) < 4.78 is 22.6. The Morgan fingerprint density at radius 2 is 1.88 bits per heavy atom. The molecule has 1 aliphatic rings. The summed E-state index contributed by atoms with van der Waals surface area (Å²) in [6.45, 7) is 3.04. The predicted octanol–water partition coefficient (Wildman–Crippen LogP) is 1.79. The summed E-state index contributed by atoms with van der Waals surface area (Å²) >= 11 is 0. The molecular formula is C19H23N3O3S. The van der Waals surface area contributed by atoms with E-state index in [2.05, 4.69) is 11.4 Å². The van der Waals surface area contributed by atoms with Gasteiger partial charge in [0.15, 0.2) is 0 Å². The number of rotatable bonds is 5.